The highest BCUT2D eigenvalue weighted by atomic mass is 16.5. The molecule has 0 saturated carbocycles. The third-order valence-electron chi connectivity index (χ3n) is 5.37. The van der Waals surface area contributed by atoms with Gasteiger partial charge in [0.05, 0.1) is 6.10 Å². The largest absolute Gasteiger partial charge is 0.480 e. The molecule has 3 aromatic rings. The summed E-state index contributed by atoms with van der Waals surface area (Å²) in [4.78, 5) is 36.7. The quantitative estimate of drug-likeness (QED) is 0.356. The predicted molar refractivity (Wildman–Crippen MR) is 130 cm³/mol. The number of hydrogen-bond acceptors (Lipinski definition) is 5. The number of aliphatic hydroxyl groups excluding tert-OH is 1. The number of carbonyl (C=O) groups excluding carboxylic acids is 2. The molecule has 0 aromatic heterocycles. The zero-order valence-corrected chi connectivity index (χ0v) is 19.3. The number of benzene rings is 3. The first-order chi connectivity index (χ1) is 16.8. The number of nitrogens with one attached hydrogen (secondary N) is 2. The fourth-order valence-electron chi connectivity index (χ4n) is 3.46. The van der Waals surface area contributed by atoms with Crippen molar-refractivity contribution in [2.45, 2.75) is 38.1 Å². The minimum Gasteiger partial charge on any atom is -0.480 e. The number of carboxylic acid groups (broad SMARTS) is 1. The van der Waals surface area contributed by atoms with Crippen LogP contribution in [0.3, 0.4) is 0 Å². The van der Waals surface area contributed by atoms with Gasteiger partial charge in [0, 0.05) is 6.42 Å². The van der Waals surface area contributed by atoms with Gasteiger partial charge in [-0.05, 0) is 29.2 Å². The fourth-order valence-corrected chi connectivity index (χ4v) is 3.46. The maximum atomic E-state index is 12.7. The van der Waals surface area contributed by atoms with Gasteiger partial charge in [0.2, 0.25) is 5.91 Å². The number of aliphatic hydroxyl groups is 1. The Morgan fingerprint density at radius 3 is 1.94 bits per heavy atom. The Balaban J connectivity index is 1.60. The topological polar surface area (TPSA) is 125 Å². The van der Waals surface area contributed by atoms with Gasteiger partial charge in [0.25, 0.3) is 0 Å². The second-order valence-corrected chi connectivity index (χ2v) is 8.09. The van der Waals surface area contributed by atoms with Crippen molar-refractivity contribution in [3.05, 3.63) is 96.1 Å². The first kappa shape index (κ1) is 25.5. The van der Waals surface area contributed by atoms with Crippen LogP contribution in [0.1, 0.15) is 18.1 Å². The first-order valence-corrected chi connectivity index (χ1v) is 11.2. The molecule has 35 heavy (non-hydrogen) atoms. The molecule has 2 amide bonds. The van der Waals surface area contributed by atoms with E-state index in [0.717, 1.165) is 16.7 Å². The van der Waals surface area contributed by atoms with Gasteiger partial charge in [0.1, 0.15) is 18.7 Å². The number of hydrogen-bond donors (Lipinski definition) is 4. The van der Waals surface area contributed by atoms with Crippen molar-refractivity contribution in [3.8, 4) is 11.1 Å². The molecular weight excluding hydrogens is 448 g/mol. The van der Waals surface area contributed by atoms with Crippen LogP contribution in [0.25, 0.3) is 11.1 Å². The van der Waals surface area contributed by atoms with Crippen molar-refractivity contribution in [1.29, 1.82) is 0 Å². The van der Waals surface area contributed by atoms with Gasteiger partial charge in [-0.1, -0.05) is 84.9 Å². The molecule has 3 aromatic carbocycles. The van der Waals surface area contributed by atoms with E-state index in [9.17, 15) is 24.6 Å². The summed E-state index contributed by atoms with van der Waals surface area (Å²) in [7, 11) is 0. The van der Waals surface area contributed by atoms with Crippen LogP contribution in [0, 0.1) is 0 Å². The van der Waals surface area contributed by atoms with Gasteiger partial charge < -0.3 is 25.6 Å². The SMILES string of the molecule is C[C@@H](O)[C@H](NC(=O)OCc1ccccc1)C(=O)N[C@H](Cc1ccc(-c2ccccc2)cc1)C(=O)O. The standard InChI is InChI=1S/C27H28N2O6/c1-18(30)24(29-27(34)35-17-20-8-4-2-5-9-20)25(31)28-23(26(32)33)16-19-12-14-22(15-13-19)21-10-6-3-7-11-21/h2-15,18,23-24,30H,16-17H2,1H3,(H,28,31)(H,29,34)(H,32,33)/t18-,23-,24+/m1/s1. The Bertz CT molecular complexity index is 1120. The van der Waals surface area contributed by atoms with Crippen LogP contribution in [0.2, 0.25) is 0 Å². The molecule has 0 fully saturated rings. The highest BCUT2D eigenvalue weighted by Crippen LogP contribution is 2.19. The van der Waals surface area contributed by atoms with Crippen LogP contribution in [0.4, 0.5) is 4.79 Å². The number of amides is 2. The molecule has 4 N–H and O–H groups in total. The van der Waals surface area contributed by atoms with E-state index in [4.69, 9.17) is 4.74 Å². The lowest BCUT2D eigenvalue weighted by Crippen LogP contribution is -2.56. The van der Waals surface area contributed by atoms with Crippen molar-refractivity contribution in [3.63, 3.8) is 0 Å². The van der Waals surface area contributed by atoms with Crippen molar-refractivity contribution in [1.82, 2.24) is 10.6 Å². The third kappa shape index (κ3) is 7.68. The van der Waals surface area contributed by atoms with Gasteiger partial charge in [0.15, 0.2) is 0 Å². The molecule has 0 heterocycles. The highest BCUT2D eigenvalue weighted by molar-refractivity contribution is 5.89. The van der Waals surface area contributed by atoms with E-state index < -0.39 is 36.2 Å². The van der Waals surface area contributed by atoms with Crippen LogP contribution in [-0.2, 0) is 27.4 Å². The van der Waals surface area contributed by atoms with Crippen molar-refractivity contribution in [2.24, 2.45) is 0 Å². The van der Waals surface area contributed by atoms with Crippen molar-refractivity contribution >= 4 is 18.0 Å². The number of rotatable bonds is 10. The molecule has 8 heteroatoms. The van der Waals surface area contributed by atoms with Gasteiger partial charge in [-0.2, -0.15) is 0 Å². The van der Waals surface area contributed by atoms with Crippen LogP contribution < -0.4 is 10.6 Å². The monoisotopic (exact) mass is 476 g/mol. The minimum atomic E-state index is -1.39. The van der Waals surface area contributed by atoms with Crippen LogP contribution in [0.15, 0.2) is 84.9 Å². The van der Waals surface area contributed by atoms with Crippen molar-refractivity contribution in [2.75, 3.05) is 0 Å². The number of ether oxygens (including phenoxy) is 1. The summed E-state index contributed by atoms with van der Waals surface area (Å²) in [6.07, 6.45) is -2.15. The van der Waals surface area contributed by atoms with E-state index in [-0.39, 0.29) is 13.0 Å². The molecular formula is C27H28N2O6. The minimum absolute atomic E-state index is 0.0163. The summed E-state index contributed by atoms with van der Waals surface area (Å²) in [5.74, 6) is -2.06. The molecule has 0 spiro atoms. The Morgan fingerprint density at radius 2 is 1.37 bits per heavy atom. The molecule has 0 bridgehead atoms. The van der Waals surface area contributed by atoms with Gasteiger partial charge in [-0.25, -0.2) is 9.59 Å². The molecule has 3 rings (SSSR count). The summed E-state index contributed by atoms with van der Waals surface area (Å²) >= 11 is 0. The molecule has 0 saturated heterocycles. The Labute approximate surface area is 203 Å². The summed E-state index contributed by atoms with van der Waals surface area (Å²) in [5, 5.41) is 24.4. The number of aliphatic carboxylic acids is 1. The number of alkyl carbamates (subject to hydrolysis) is 1. The normalized spacial score (nSPS) is 13.2. The Hall–Kier alpha value is -4.17. The molecule has 182 valence electrons. The van der Waals surface area contributed by atoms with E-state index in [1.54, 1.807) is 36.4 Å². The summed E-state index contributed by atoms with van der Waals surface area (Å²) in [6.45, 7) is 1.30. The molecule has 0 aliphatic carbocycles. The van der Waals surface area contributed by atoms with Crippen LogP contribution in [-0.4, -0.2) is 46.4 Å². The number of carbonyl (C=O) groups is 3. The lowest BCUT2D eigenvalue weighted by atomic mass is 10.0. The van der Waals surface area contributed by atoms with Crippen LogP contribution >= 0.6 is 0 Å². The van der Waals surface area contributed by atoms with Gasteiger partial charge in [-0.3, -0.25) is 4.79 Å². The van der Waals surface area contributed by atoms with E-state index in [0.29, 0.717) is 5.56 Å². The Kier molecular flexibility index (Phi) is 8.97. The molecule has 3 atom stereocenters. The van der Waals surface area contributed by atoms with E-state index in [1.807, 2.05) is 48.5 Å². The second-order valence-electron chi connectivity index (χ2n) is 8.09. The summed E-state index contributed by atoms with van der Waals surface area (Å²) < 4.78 is 5.10. The van der Waals surface area contributed by atoms with Crippen molar-refractivity contribution < 1.29 is 29.3 Å². The average molecular weight is 477 g/mol. The summed E-state index contributed by atoms with van der Waals surface area (Å²) in [5.41, 5.74) is 3.48. The third-order valence-corrected chi connectivity index (χ3v) is 5.37. The molecule has 8 nitrogen and oxygen atoms in total. The molecule has 0 aliphatic rings. The van der Waals surface area contributed by atoms with E-state index >= 15 is 0 Å². The maximum Gasteiger partial charge on any atom is 0.408 e. The first-order valence-electron chi connectivity index (χ1n) is 11.2. The Morgan fingerprint density at radius 1 is 0.800 bits per heavy atom. The molecule has 0 unspecified atom stereocenters. The zero-order chi connectivity index (χ0) is 25.2. The lowest BCUT2D eigenvalue weighted by molar-refractivity contribution is -0.142. The molecule has 0 aliphatic heterocycles. The zero-order valence-electron chi connectivity index (χ0n) is 19.3. The fraction of sp³-hybridized carbons (Fsp3) is 0.222. The highest BCUT2D eigenvalue weighted by Gasteiger charge is 2.30. The van der Waals surface area contributed by atoms with E-state index in [1.165, 1.54) is 6.92 Å². The average Bonchev–Trinajstić information content (AvgIpc) is 2.87. The lowest BCUT2D eigenvalue weighted by Gasteiger charge is -2.23. The van der Waals surface area contributed by atoms with Crippen LogP contribution in [0.5, 0.6) is 0 Å². The predicted octanol–water partition coefficient (Wildman–Crippen LogP) is 3.14. The maximum absolute atomic E-state index is 12.7. The molecule has 0 radical (unpaired) electrons. The van der Waals surface area contributed by atoms with E-state index in [2.05, 4.69) is 10.6 Å². The summed E-state index contributed by atoms with van der Waals surface area (Å²) in [6, 6.07) is 23.4. The van der Waals surface area contributed by atoms with Gasteiger partial charge in [-0.15, -0.1) is 0 Å². The number of carboxylic acids is 1. The second kappa shape index (κ2) is 12.3. The smallest absolute Gasteiger partial charge is 0.408 e. The van der Waals surface area contributed by atoms with Gasteiger partial charge >= 0.3 is 12.1 Å².